The molecule has 0 atom stereocenters. The molecule has 5 nitrogen and oxygen atoms in total. The summed E-state index contributed by atoms with van der Waals surface area (Å²) >= 11 is 0. The first kappa shape index (κ1) is 13.1. The number of rotatable bonds is 6. The SMILES string of the molecule is CNc1cc(OCC2CCCC2)nc(COC)n1. The normalized spacial score (nSPS) is 15.9. The van der Waals surface area contributed by atoms with Crippen LogP contribution >= 0.6 is 0 Å². The fraction of sp³-hybridized carbons (Fsp3) is 0.692. The Bertz CT molecular complexity index is 378. The van der Waals surface area contributed by atoms with Gasteiger partial charge >= 0.3 is 0 Å². The Morgan fingerprint density at radius 1 is 1.33 bits per heavy atom. The fourth-order valence-electron chi connectivity index (χ4n) is 2.25. The van der Waals surface area contributed by atoms with E-state index in [-0.39, 0.29) is 0 Å². The van der Waals surface area contributed by atoms with E-state index in [1.807, 2.05) is 13.1 Å². The second kappa shape index (κ2) is 6.54. The summed E-state index contributed by atoms with van der Waals surface area (Å²) in [5.74, 6) is 2.72. The first-order valence-electron chi connectivity index (χ1n) is 6.49. The topological polar surface area (TPSA) is 56.3 Å². The quantitative estimate of drug-likeness (QED) is 0.840. The Balaban J connectivity index is 1.98. The van der Waals surface area contributed by atoms with E-state index < -0.39 is 0 Å². The van der Waals surface area contributed by atoms with Crippen LogP contribution in [0.4, 0.5) is 5.82 Å². The minimum absolute atomic E-state index is 0.398. The number of methoxy groups -OCH3 is 1. The lowest BCUT2D eigenvalue weighted by atomic mass is 10.1. The molecule has 1 aromatic rings. The van der Waals surface area contributed by atoms with Crippen molar-refractivity contribution in [2.75, 3.05) is 26.1 Å². The van der Waals surface area contributed by atoms with Crippen LogP contribution in [0.3, 0.4) is 0 Å². The van der Waals surface area contributed by atoms with E-state index in [0.29, 0.717) is 24.2 Å². The van der Waals surface area contributed by atoms with E-state index in [9.17, 15) is 0 Å². The van der Waals surface area contributed by atoms with Crippen molar-refractivity contribution in [1.29, 1.82) is 0 Å². The maximum absolute atomic E-state index is 5.77. The minimum Gasteiger partial charge on any atom is -0.477 e. The van der Waals surface area contributed by atoms with E-state index in [2.05, 4.69) is 15.3 Å². The molecular weight excluding hydrogens is 230 g/mol. The number of aromatic nitrogens is 2. The summed E-state index contributed by atoms with van der Waals surface area (Å²) in [7, 11) is 3.47. The summed E-state index contributed by atoms with van der Waals surface area (Å²) in [4.78, 5) is 8.63. The highest BCUT2D eigenvalue weighted by molar-refractivity contribution is 5.37. The number of anilines is 1. The van der Waals surface area contributed by atoms with Crippen LogP contribution < -0.4 is 10.1 Å². The van der Waals surface area contributed by atoms with Crippen LogP contribution in [-0.4, -0.2) is 30.7 Å². The molecule has 0 unspecified atom stereocenters. The van der Waals surface area contributed by atoms with Crippen LogP contribution in [0.5, 0.6) is 5.88 Å². The van der Waals surface area contributed by atoms with E-state index in [1.54, 1.807) is 7.11 Å². The van der Waals surface area contributed by atoms with Crippen molar-refractivity contribution < 1.29 is 9.47 Å². The fourth-order valence-corrected chi connectivity index (χ4v) is 2.25. The van der Waals surface area contributed by atoms with Gasteiger partial charge in [0.15, 0.2) is 5.82 Å². The lowest BCUT2D eigenvalue weighted by molar-refractivity contribution is 0.175. The van der Waals surface area contributed by atoms with Crippen molar-refractivity contribution in [2.45, 2.75) is 32.3 Å². The number of ether oxygens (including phenoxy) is 2. The van der Waals surface area contributed by atoms with E-state index in [4.69, 9.17) is 9.47 Å². The largest absolute Gasteiger partial charge is 0.477 e. The standard InChI is InChI=1S/C13H21N3O2/c1-14-11-7-13(16-12(15-11)9-17-2)18-8-10-5-3-4-6-10/h7,10H,3-6,8-9H2,1-2H3,(H,14,15,16). The second-order valence-corrected chi connectivity index (χ2v) is 4.65. The Hall–Kier alpha value is -1.36. The van der Waals surface area contributed by atoms with Gasteiger partial charge in [-0.3, -0.25) is 0 Å². The van der Waals surface area contributed by atoms with Gasteiger partial charge in [-0.25, -0.2) is 4.98 Å². The summed E-state index contributed by atoms with van der Waals surface area (Å²) in [6.45, 7) is 1.15. The zero-order chi connectivity index (χ0) is 12.8. The predicted molar refractivity (Wildman–Crippen MR) is 69.7 cm³/mol. The van der Waals surface area contributed by atoms with Gasteiger partial charge in [0, 0.05) is 20.2 Å². The summed E-state index contributed by atoms with van der Waals surface area (Å²) in [6, 6.07) is 1.83. The van der Waals surface area contributed by atoms with Crippen LogP contribution in [0, 0.1) is 5.92 Å². The molecular formula is C13H21N3O2. The second-order valence-electron chi connectivity index (χ2n) is 4.65. The first-order chi connectivity index (χ1) is 8.81. The van der Waals surface area contributed by atoms with E-state index >= 15 is 0 Å². The third-order valence-electron chi connectivity index (χ3n) is 3.22. The molecule has 0 saturated heterocycles. The highest BCUT2D eigenvalue weighted by Crippen LogP contribution is 2.25. The van der Waals surface area contributed by atoms with Gasteiger partial charge in [-0.05, 0) is 18.8 Å². The maximum atomic E-state index is 5.77. The van der Waals surface area contributed by atoms with Crippen molar-refractivity contribution in [3.8, 4) is 5.88 Å². The molecule has 18 heavy (non-hydrogen) atoms. The van der Waals surface area contributed by atoms with Gasteiger partial charge in [-0.15, -0.1) is 0 Å². The third-order valence-corrected chi connectivity index (χ3v) is 3.22. The van der Waals surface area contributed by atoms with Crippen molar-refractivity contribution in [2.24, 2.45) is 5.92 Å². The molecule has 0 bridgehead atoms. The maximum Gasteiger partial charge on any atom is 0.218 e. The van der Waals surface area contributed by atoms with Gasteiger partial charge in [0.1, 0.15) is 12.4 Å². The monoisotopic (exact) mass is 251 g/mol. The number of nitrogens with one attached hydrogen (secondary N) is 1. The Morgan fingerprint density at radius 3 is 2.78 bits per heavy atom. The van der Waals surface area contributed by atoms with Crippen LogP contribution in [0.1, 0.15) is 31.5 Å². The number of nitrogens with zero attached hydrogens (tertiary/aromatic N) is 2. The van der Waals surface area contributed by atoms with Crippen LogP contribution in [0.25, 0.3) is 0 Å². The molecule has 1 heterocycles. The number of hydrogen-bond donors (Lipinski definition) is 1. The highest BCUT2D eigenvalue weighted by atomic mass is 16.5. The molecule has 100 valence electrons. The van der Waals surface area contributed by atoms with Gasteiger partial charge in [0.25, 0.3) is 0 Å². The molecule has 0 aromatic carbocycles. The van der Waals surface area contributed by atoms with Crippen LogP contribution in [-0.2, 0) is 11.3 Å². The average molecular weight is 251 g/mol. The molecule has 1 aliphatic carbocycles. The summed E-state index contributed by atoms with van der Waals surface area (Å²) < 4.78 is 10.8. The van der Waals surface area contributed by atoms with Gasteiger partial charge in [-0.2, -0.15) is 4.98 Å². The Morgan fingerprint density at radius 2 is 2.11 bits per heavy atom. The van der Waals surface area contributed by atoms with Gasteiger partial charge in [0.2, 0.25) is 5.88 Å². The molecule has 1 aliphatic rings. The Kier molecular flexibility index (Phi) is 4.75. The minimum atomic E-state index is 0.398. The van der Waals surface area contributed by atoms with Crippen molar-refractivity contribution >= 4 is 5.82 Å². The van der Waals surface area contributed by atoms with Gasteiger partial charge in [0.05, 0.1) is 6.61 Å². The summed E-state index contributed by atoms with van der Waals surface area (Å²) in [6.07, 6.45) is 5.20. The third kappa shape index (κ3) is 3.57. The van der Waals surface area contributed by atoms with Gasteiger partial charge < -0.3 is 14.8 Å². The van der Waals surface area contributed by atoms with Crippen molar-refractivity contribution in [1.82, 2.24) is 9.97 Å². The lowest BCUT2D eigenvalue weighted by Crippen LogP contribution is -2.11. The Labute approximate surface area is 108 Å². The van der Waals surface area contributed by atoms with Gasteiger partial charge in [-0.1, -0.05) is 12.8 Å². The predicted octanol–water partition coefficient (Wildman–Crippen LogP) is 2.23. The molecule has 0 aliphatic heterocycles. The van der Waals surface area contributed by atoms with Crippen LogP contribution in [0.15, 0.2) is 6.07 Å². The summed E-state index contributed by atoms with van der Waals surface area (Å²) in [5, 5.41) is 3.01. The first-order valence-corrected chi connectivity index (χ1v) is 6.49. The molecule has 5 heteroatoms. The zero-order valence-corrected chi connectivity index (χ0v) is 11.1. The lowest BCUT2D eigenvalue weighted by Gasteiger charge is -2.12. The molecule has 1 fully saturated rings. The molecule has 1 saturated carbocycles. The number of hydrogen-bond acceptors (Lipinski definition) is 5. The summed E-state index contributed by atoms with van der Waals surface area (Å²) in [5.41, 5.74) is 0. The van der Waals surface area contributed by atoms with Crippen molar-refractivity contribution in [3.05, 3.63) is 11.9 Å². The zero-order valence-electron chi connectivity index (χ0n) is 11.1. The van der Waals surface area contributed by atoms with E-state index in [0.717, 1.165) is 12.4 Å². The molecule has 0 radical (unpaired) electrons. The smallest absolute Gasteiger partial charge is 0.218 e. The molecule has 0 spiro atoms. The molecule has 0 amide bonds. The van der Waals surface area contributed by atoms with E-state index in [1.165, 1.54) is 25.7 Å². The molecule has 1 N–H and O–H groups in total. The van der Waals surface area contributed by atoms with Crippen molar-refractivity contribution in [3.63, 3.8) is 0 Å². The average Bonchev–Trinajstić information content (AvgIpc) is 2.89. The van der Waals surface area contributed by atoms with Crippen LogP contribution in [0.2, 0.25) is 0 Å². The highest BCUT2D eigenvalue weighted by Gasteiger charge is 2.16. The molecule has 2 rings (SSSR count). The molecule has 1 aromatic heterocycles.